The molecular weight excluding hydrogens is 302 g/mol. The monoisotopic (exact) mass is 321 g/mol. The normalized spacial score (nSPS) is 10.7. The third kappa shape index (κ3) is 2.71. The van der Waals surface area contributed by atoms with Gasteiger partial charge in [0.15, 0.2) is 0 Å². The van der Waals surface area contributed by atoms with E-state index < -0.39 is 5.97 Å². The lowest BCUT2D eigenvalue weighted by Crippen LogP contribution is -2.01. The first-order valence-electron chi connectivity index (χ1n) is 7.74. The number of rotatable bonds is 3. The Hall–Kier alpha value is -2.88. The lowest BCUT2D eigenvalue weighted by atomic mass is 9.92. The Balaban J connectivity index is 2.31. The van der Waals surface area contributed by atoms with Gasteiger partial charge in [0.1, 0.15) is 5.69 Å². The minimum Gasteiger partial charge on any atom is -0.463 e. The van der Waals surface area contributed by atoms with Crippen molar-refractivity contribution in [1.82, 2.24) is 5.16 Å². The molecule has 0 unspecified atom stereocenters. The van der Waals surface area contributed by atoms with Gasteiger partial charge in [-0.15, -0.1) is 0 Å². The molecule has 4 nitrogen and oxygen atoms in total. The van der Waals surface area contributed by atoms with Gasteiger partial charge in [0.2, 0.25) is 0 Å². The molecule has 0 atom stereocenters. The van der Waals surface area contributed by atoms with Crippen LogP contribution in [0.25, 0.3) is 22.4 Å². The molecule has 0 amide bonds. The number of methoxy groups -OCH3 is 1. The third-order valence-corrected chi connectivity index (χ3v) is 4.04. The highest BCUT2D eigenvalue weighted by atomic mass is 16.5. The van der Waals surface area contributed by atoms with Crippen molar-refractivity contribution in [2.24, 2.45) is 0 Å². The fourth-order valence-electron chi connectivity index (χ4n) is 3.12. The van der Waals surface area contributed by atoms with Crippen LogP contribution >= 0.6 is 0 Å². The zero-order valence-corrected chi connectivity index (χ0v) is 14.2. The van der Waals surface area contributed by atoms with Crippen LogP contribution in [-0.4, -0.2) is 18.2 Å². The second kappa shape index (κ2) is 6.32. The van der Waals surface area contributed by atoms with E-state index in [1.165, 1.54) is 12.7 Å². The van der Waals surface area contributed by atoms with Crippen LogP contribution in [0, 0.1) is 20.8 Å². The van der Waals surface area contributed by atoms with Crippen molar-refractivity contribution in [3.05, 3.63) is 64.9 Å². The first-order valence-corrected chi connectivity index (χ1v) is 7.74. The van der Waals surface area contributed by atoms with E-state index in [0.29, 0.717) is 11.3 Å². The Kier molecular flexibility index (Phi) is 4.21. The maximum absolute atomic E-state index is 12.1. The average molecular weight is 321 g/mol. The number of aryl methyl sites for hydroxylation is 3. The van der Waals surface area contributed by atoms with Gasteiger partial charge in [-0.05, 0) is 37.5 Å². The summed E-state index contributed by atoms with van der Waals surface area (Å²) in [7, 11) is 1.33. The molecule has 0 aliphatic rings. The molecular formula is C20H19NO3. The summed E-state index contributed by atoms with van der Waals surface area (Å²) in [5, 5.41) is 4.21. The molecule has 0 fully saturated rings. The maximum atomic E-state index is 12.1. The van der Waals surface area contributed by atoms with Gasteiger partial charge in [0, 0.05) is 5.56 Å². The number of hydrogen-bond donors (Lipinski definition) is 0. The molecule has 0 saturated carbocycles. The van der Waals surface area contributed by atoms with Crippen LogP contribution < -0.4 is 0 Å². The molecule has 0 saturated heterocycles. The van der Waals surface area contributed by atoms with Gasteiger partial charge >= 0.3 is 5.97 Å². The number of benzene rings is 2. The van der Waals surface area contributed by atoms with Gasteiger partial charge < -0.3 is 9.26 Å². The van der Waals surface area contributed by atoms with Gasteiger partial charge in [0.05, 0.1) is 12.7 Å². The number of nitrogens with zero attached hydrogens (tertiary/aromatic N) is 1. The van der Waals surface area contributed by atoms with Crippen LogP contribution in [0.15, 0.2) is 47.0 Å². The van der Waals surface area contributed by atoms with Crippen molar-refractivity contribution in [3.8, 4) is 22.4 Å². The highest BCUT2D eigenvalue weighted by Gasteiger charge is 2.26. The summed E-state index contributed by atoms with van der Waals surface area (Å²) in [6, 6.07) is 13.8. The second-order valence-corrected chi connectivity index (χ2v) is 5.87. The second-order valence-electron chi connectivity index (χ2n) is 5.87. The fourth-order valence-corrected chi connectivity index (χ4v) is 3.12. The molecule has 1 aromatic heterocycles. The Labute approximate surface area is 141 Å². The van der Waals surface area contributed by atoms with E-state index in [4.69, 9.17) is 9.26 Å². The predicted octanol–water partition coefficient (Wildman–Crippen LogP) is 4.72. The van der Waals surface area contributed by atoms with E-state index >= 15 is 0 Å². The fraction of sp³-hybridized carbons (Fsp3) is 0.200. The molecule has 2 aromatic carbocycles. The Morgan fingerprint density at radius 1 is 1.00 bits per heavy atom. The number of ether oxygens (including phenoxy) is 1. The molecule has 0 bridgehead atoms. The van der Waals surface area contributed by atoms with E-state index in [2.05, 4.69) is 24.2 Å². The SMILES string of the molecule is COC(=O)c1onc(-c2c(C)cc(C)cc2C)c1-c1ccccc1. The molecule has 3 aromatic rings. The number of carbonyl (C=O) groups excluding carboxylic acids is 1. The zero-order chi connectivity index (χ0) is 17.3. The molecule has 1 heterocycles. The standard InChI is InChI=1S/C20H19NO3/c1-12-10-13(2)16(14(3)11-12)18-17(15-8-6-5-7-9-15)19(24-21-18)20(22)23-4/h5-11H,1-4H3. The van der Waals surface area contributed by atoms with E-state index in [1.54, 1.807) is 0 Å². The molecule has 24 heavy (non-hydrogen) atoms. The van der Waals surface area contributed by atoms with Crippen LogP contribution in [-0.2, 0) is 4.74 Å². The summed E-state index contributed by atoms with van der Waals surface area (Å²) >= 11 is 0. The molecule has 0 spiro atoms. The van der Waals surface area contributed by atoms with E-state index in [0.717, 1.165) is 22.3 Å². The minimum absolute atomic E-state index is 0.123. The Morgan fingerprint density at radius 3 is 2.21 bits per heavy atom. The number of carbonyl (C=O) groups is 1. The third-order valence-electron chi connectivity index (χ3n) is 4.04. The van der Waals surface area contributed by atoms with Crippen LogP contribution in [0.1, 0.15) is 27.2 Å². The quantitative estimate of drug-likeness (QED) is 0.655. The number of esters is 1. The van der Waals surface area contributed by atoms with Crippen molar-refractivity contribution in [2.75, 3.05) is 7.11 Å². The van der Waals surface area contributed by atoms with Gasteiger partial charge in [-0.3, -0.25) is 0 Å². The smallest absolute Gasteiger partial charge is 0.377 e. The van der Waals surface area contributed by atoms with Crippen molar-refractivity contribution in [1.29, 1.82) is 0 Å². The van der Waals surface area contributed by atoms with Gasteiger partial charge in [-0.25, -0.2) is 4.79 Å². The van der Waals surface area contributed by atoms with Gasteiger partial charge in [-0.2, -0.15) is 0 Å². The lowest BCUT2D eigenvalue weighted by Gasteiger charge is -2.11. The minimum atomic E-state index is -0.532. The van der Waals surface area contributed by atoms with Gasteiger partial charge in [0.25, 0.3) is 5.76 Å². The van der Waals surface area contributed by atoms with Gasteiger partial charge in [-0.1, -0.05) is 53.2 Å². The van der Waals surface area contributed by atoms with Crippen LogP contribution in [0.4, 0.5) is 0 Å². The van der Waals surface area contributed by atoms with Crippen molar-refractivity contribution >= 4 is 5.97 Å². The zero-order valence-electron chi connectivity index (χ0n) is 14.2. The summed E-state index contributed by atoms with van der Waals surface area (Å²) in [6.45, 7) is 6.14. The molecule has 122 valence electrons. The summed E-state index contributed by atoms with van der Waals surface area (Å²) in [6.07, 6.45) is 0. The van der Waals surface area contributed by atoms with Crippen LogP contribution in [0.3, 0.4) is 0 Å². The molecule has 0 N–H and O–H groups in total. The Bertz CT molecular complexity index is 871. The summed E-state index contributed by atoms with van der Waals surface area (Å²) in [5.41, 5.74) is 6.55. The summed E-state index contributed by atoms with van der Waals surface area (Å²) in [5.74, 6) is -0.409. The topological polar surface area (TPSA) is 52.3 Å². The van der Waals surface area contributed by atoms with Crippen molar-refractivity contribution in [2.45, 2.75) is 20.8 Å². The Morgan fingerprint density at radius 2 is 1.62 bits per heavy atom. The van der Waals surface area contributed by atoms with Crippen molar-refractivity contribution < 1.29 is 14.1 Å². The molecule has 0 radical (unpaired) electrons. The maximum Gasteiger partial charge on any atom is 0.377 e. The first kappa shape index (κ1) is 16.0. The molecule has 4 heteroatoms. The van der Waals surface area contributed by atoms with E-state index in [-0.39, 0.29) is 5.76 Å². The molecule has 0 aliphatic carbocycles. The molecule has 0 aliphatic heterocycles. The number of aromatic nitrogens is 1. The lowest BCUT2D eigenvalue weighted by molar-refractivity contribution is 0.0556. The van der Waals surface area contributed by atoms with E-state index in [1.807, 2.05) is 44.2 Å². The van der Waals surface area contributed by atoms with Crippen LogP contribution in [0.5, 0.6) is 0 Å². The van der Waals surface area contributed by atoms with E-state index in [9.17, 15) is 4.79 Å². The highest BCUT2D eigenvalue weighted by Crippen LogP contribution is 2.38. The van der Waals surface area contributed by atoms with Crippen LogP contribution in [0.2, 0.25) is 0 Å². The predicted molar refractivity (Wildman–Crippen MR) is 92.9 cm³/mol. The molecule has 3 rings (SSSR count). The summed E-state index contributed by atoms with van der Waals surface area (Å²) < 4.78 is 10.2. The van der Waals surface area contributed by atoms with Crippen molar-refractivity contribution in [3.63, 3.8) is 0 Å². The number of hydrogen-bond acceptors (Lipinski definition) is 4. The first-order chi connectivity index (χ1) is 11.5. The largest absolute Gasteiger partial charge is 0.463 e. The summed E-state index contributed by atoms with van der Waals surface area (Å²) in [4.78, 5) is 12.1. The average Bonchev–Trinajstić information content (AvgIpc) is 2.98. The highest BCUT2D eigenvalue weighted by molar-refractivity contribution is 5.99.